The number of carbonyl (C=O) groups is 1. The number of hydrogen-bond donors (Lipinski definition) is 1. The fourth-order valence-electron chi connectivity index (χ4n) is 2.92. The van der Waals surface area contributed by atoms with Crippen LogP contribution >= 0.6 is 11.8 Å². The molecule has 1 amide bonds. The quantitative estimate of drug-likeness (QED) is 0.548. The van der Waals surface area contributed by atoms with Crippen LogP contribution in [0.15, 0.2) is 41.7 Å². The van der Waals surface area contributed by atoms with E-state index in [9.17, 15) is 4.79 Å². The van der Waals surface area contributed by atoms with E-state index in [1.165, 1.54) is 12.5 Å². The third-order valence-electron chi connectivity index (χ3n) is 4.11. The zero-order chi connectivity index (χ0) is 17.9. The zero-order valence-electron chi connectivity index (χ0n) is 14.4. The van der Waals surface area contributed by atoms with Crippen LogP contribution < -0.4 is 5.32 Å². The van der Waals surface area contributed by atoms with Crippen molar-refractivity contribution >= 4 is 34.8 Å². The van der Waals surface area contributed by atoms with Gasteiger partial charge >= 0.3 is 0 Å². The number of fused-ring (bicyclic) bond motifs is 1. The van der Waals surface area contributed by atoms with Crippen molar-refractivity contribution in [2.24, 2.45) is 0 Å². The number of carbonyl (C=O) groups excluding carboxylic acids is 1. The SMILES string of the molecule is CC(=O)Nc1nc(SCc2ccccc2)c2ncn([C@@H]3CCCO3)c2n1. The number of ether oxygens (including phenoxy) is 1. The van der Waals surface area contributed by atoms with Crippen molar-refractivity contribution in [2.75, 3.05) is 11.9 Å². The molecule has 1 atom stereocenters. The van der Waals surface area contributed by atoms with Crippen molar-refractivity contribution < 1.29 is 9.53 Å². The first-order valence-electron chi connectivity index (χ1n) is 8.51. The second-order valence-corrected chi connectivity index (χ2v) is 7.06. The third kappa shape index (κ3) is 3.56. The molecule has 0 spiro atoms. The minimum atomic E-state index is -0.202. The molecule has 1 aliphatic rings. The number of nitrogens with zero attached hydrogens (tertiary/aromatic N) is 4. The molecule has 3 aromatic rings. The fourth-order valence-corrected chi connectivity index (χ4v) is 3.85. The van der Waals surface area contributed by atoms with Crippen LogP contribution in [0.1, 0.15) is 31.6 Å². The molecule has 0 saturated carbocycles. The van der Waals surface area contributed by atoms with Gasteiger partial charge in [0.1, 0.15) is 16.8 Å². The molecule has 26 heavy (non-hydrogen) atoms. The Balaban J connectivity index is 1.70. The van der Waals surface area contributed by atoms with Gasteiger partial charge in [0.2, 0.25) is 11.9 Å². The molecule has 1 aliphatic heterocycles. The summed E-state index contributed by atoms with van der Waals surface area (Å²) >= 11 is 1.58. The van der Waals surface area contributed by atoms with E-state index in [0.29, 0.717) is 11.6 Å². The maximum absolute atomic E-state index is 11.5. The van der Waals surface area contributed by atoms with Gasteiger partial charge in [-0.1, -0.05) is 42.1 Å². The van der Waals surface area contributed by atoms with E-state index in [0.717, 1.165) is 35.7 Å². The molecule has 134 valence electrons. The van der Waals surface area contributed by atoms with E-state index >= 15 is 0 Å². The van der Waals surface area contributed by atoms with E-state index in [1.807, 2.05) is 22.8 Å². The predicted octanol–water partition coefficient (Wildman–Crippen LogP) is 3.39. The summed E-state index contributed by atoms with van der Waals surface area (Å²) in [6, 6.07) is 10.2. The summed E-state index contributed by atoms with van der Waals surface area (Å²) in [5.74, 6) is 0.853. The summed E-state index contributed by atoms with van der Waals surface area (Å²) in [6.07, 6.45) is 3.63. The largest absolute Gasteiger partial charge is 0.358 e. The lowest BCUT2D eigenvalue weighted by Crippen LogP contribution is -2.12. The van der Waals surface area contributed by atoms with E-state index in [-0.39, 0.29) is 12.1 Å². The van der Waals surface area contributed by atoms with Crippen LogP contribution in [0, 0.1) is 0 Å². The molecule has 0 unspecified atom stereocenters. The number of nitrogens with one attached hydrogen (secondary N) is 1. The number of imidazole rings is 1. The number of thioether (sulfide) groups is 1. The fraction of sp³-hybridized carbons (Fsp3) is 0.333. The highest BCUT2D eigenvalue weighted by atomic mass is 32.2. The highest BCUT2D eigenvalue weighted by Crippen LogP contribution is 2.32. The number of amides is 1. The number of hydrogen-bond acceptors (Lipinski definition) is 6. The van der Waals surface area contributed by atoms with Crippen molar-refractivity contribution in [3.05, 3.63) is 42.2 Å². The van der Waals surface area contributed by atoms with Crippen LogP contribution in [0.25, 0.3) is 11.2 Å². The molecule has 0 bridgehead atoms. The van der Waals surface area contributed by atoms with Gasteiger partial charge < -0.3 is 4.74 Å². The first-order chi connectivity index (χ1) is 12.7. The number of aromatic nitrogens is 4. The maximum Gasteiger partial charge on any atom is 0.232 e. The maximum atomic E-state index is 11.5. The van der Waals surface area contributed by atoms with Gasteiger partial charge in [0, 0.05) is 19.3 Å². The second-order valence-electron chi connectivity index (χ2n) is 6.10. The molecule has 1 N–H and O–H groups in total. The molecule has 0 radical (unpaired) electrons. The smallest absolute Gasteiger partial charge is 0.232 e. The molecular weight excluding hydrogens is 350 g/mol. The van der Waals surface area contributed by atoms with Gasteiger partial charge in [-0.05, 0) is 18.4 Å². The number of benzene rings is 1. The first-order valence-corrected chi connectivity index (χ1v) is 9.50. The molecule has 1 fully saturated rings. The molecule has 2 aromatic heterocycles. The second kappa shape index (κ2) is 7.43. The van der Waals surface area contributed by atoms with Crippen molar-refractivity contribution in [3.8, 4) is 0 Å². The van der Waals surface area contributed by atoms with Crippen LogP contribution in [0.5, 0.6) is 0 Å². The summed E-state index contributed by atoms with van der Waals surface area (Å²) in [5, 5.41) is 3.44. The van der Waals surface area contributed by atoms with Crippen molar-refractivity contribution in [2.45, 2.75) is 36.8 Å². The van der Waals surface area contributed by atoms with Crippen LogP contribution in [-0.2, 0) is 15.3 Å². The molecule has 4 rings (SSSR count). The molecule has 3 heterocycles. The van der Waals surface area contributed by atoms with E-state index in [4.69, 9.17) is 4.74 Å². The lowest BCUT2D eigenvalue weighted by Gasteiger charge is -2.12. The normalized spacial score (nSPS) is 16.9. The summed E-state index contributed by atoms with van der Waals surface area (Å²) in [6.45, 7) is 2.19. The predicted molar refractivity (Wildman–Crippen MR) is 99.9 cm³/mol. The zero-order valence-corrected chi connectivity index (χ0v) is 15.2. The van der Waals surface area contributed by atoms with Crippen molar-refractivity contribution in [3.63, 3.8) is 0 Å². The van der Waals surface area contributed by atoms with Crippen LogP contribution in [0.3, 0.4) is 0 Å². The summed E-state index contributed by atoms with van der Waals surface area (Å²) in [5.41, 5.74) is 2.62. The van der Waals surface area contributed by atoms with Gasteiger partial charge in [0.15, 0.2) is 5.65 Å². The summed E-state index contributed by atoms with van der Waals surface area (Å²) in [7, 11) is 0. The van der Waals surface area contributed by atoms with Gasteiger partial charge in [-0.2, -0.15) is 4.98 Å². The molecule has 1 saturated heterocycles. The van der Waals surface area contributed by atoms with Gasteiger partial charge in [-0.3, -0.25) is 14.7 Å². The Morgan fingerprint density at radius 1 is 1.35 bits per heavy atom. The minimum absolute atomic E-state index is 0.0629. The Bertz CT molecular complexity index is 922. The molecular formula is C18H19N5O2S. The molecule has 7 nitrogen and oxygen atoms in total. The van der Waals surface area contributed by atoms with Crippen molar-refractivity contribution in [1.29, 1.82) is 0 Å². The third-order valence-corrected chi connectivity index (χ3v) is 5.15. The van der Waals surface area contributed by atoms with E-state index in [2.05, 4.69) is 32.4 Å². The van der Waals surface area contributed by atoms with Crippen LogP contribution in [0.2, 0.25) is 0 Å². The molecule has 0 aliphatic carbocycles. The highest BCUT2D eigenvalue weighted by molar-refractivity contribution is 7.98. The van der Waals surface area contributed by atoms with Crippen LogP contribution in [-0.4, -0.2) is 32.0 Å². The Morgan fingerprint density at radius 2 is 2.19 bits per heavy atom. The minimum Gasteiger partial charge on any atom is -0.358 e. The number of rotatable bonds is 5. The number of anilines is 1. The molecule has 1 aromatic carbocycles. The van der Waals surface area contributed by atoms with Gasteiger partial charge in [0.05, 0.1) is 6.33 Å². The topological polar surface area (TPSA) is 81.9 Å². The highest BCUT2D eigenvalue weighted by Gasteiger charge is 2.22. The van der Waals surface area contributed by atoms with Gasteiger partial charge in [-0.15, -0.1) is 0 Å². The van der Waals surface area contributed by atoms with Gasteiger partial charge in [0.25, 0.3) is 0 Å². The summed E-state index contributed by atoms with van der Waals surface area (Å²) in [4.78, 5) is 25.0. The van der Waals surface area contributed by atoms with Crippen molar-refractivity contribution in [1.82, 2.24) is 19.5 Å². The monoisotopic (exact) mass is 369 g/mol. The van der Waals surface area contributed by atoms with E-state index in [1.54, 1.807) is 18.1 Å². The Labute approximate surface area is 155 Å². The Morgan fingerprint density at radius 3 is 2.92 bits per heavy atom. The van der Waals surface area contributed by atoms with Gasteiger partial charge in [-0.25, -0.2) is 9.97 Å². The average Bonchev–Trinajstić information content (AvgIpc) is 3.29. The first kappa shape index (κ1) is 17.0. The Kier molecular flexibility index (Phi) is 4.85. The van der Waals surface area contributed by atoms with Crippen LogP contribution in [0.4, 0.5) is 5.95 Å². The lowest BCUT2D eigenvalue weighted by atomic mass is 10.2. The average molecular weight is 369 g/mol. The lowest BCUT2D eigenvalue weighted by molar-refractivity contribution is -0.114. The standard InChI is InChI=1S/C18H19N5O2S/c1-12(24)20-18-21-16-15(19-11-23(16)14-8-5-9-25-14)17(22-18)26-10-13-6-3-2-4-7-13/h2-4,6-7,11,14H,5,8-10H2,1H3,(H,20,21,22,24)/t14-/m0/s1. The van der Waals surface area contributed by atoms with E-state index < -0.39 is 0 Å². The molecule has 8 heteroatoms. The summed E-state index contributed by atoms with van der Waals surface area (Å²) < 4.78 is 7.70. The Hall–Kier alpha value is -2.45.